The van der Waals surface area contributed by atoms with Crippen LogP contribution in [0.4, 0.5) is 0 Å². The molecule has 0 N–H and O–H groups in total. The number of hydrogen-bond donors (Lipinski definition) is 0. The fraction of sp³-hybridized carbons (Fsp3) is 0.625. The lowest BCUT2D eigenvalue weighted by Crippen LogP contribution is -1.96. The standard InChI is InChI=1S/C24H36O4/c1-3-4-5-6-7-8-9-10-11-12-13-14-18-26-23-16-15-22(28-23)24-21(20(2)25)17-19-27-24/h15-17,19H,3-14,18H2,1-2H3. The van der Waals surface area contributed by atoms with E-state index in [-0.39, 0.29) is 5.78 Å². The molecular weight excluding hydrogens is 352 g/mol. The highest BCUT2D eigenvalue weighted by molar-refractivity contribution is 5.98. The maximum atomic E-state index is 11.6. The van der Waals surface area contributed by atoms with Crippen molar-refractivity contribution in [3.63, 3.8) is 0 Å². The van der Waals surface area contributed by atoms with E-state index < -0.39 is 0 Å². The fourth-order valence-corrected chi connectivity index (χ4v) is 3.41. The largest absolute Gasteiger partial charge is 0.465 e. The molecule has 2 aromatic heterocycles. The third-order valence-electron chi connectivity index (χ3n) is 5.09. The van der Waals surface area contributed by atoms with Gasteiger partial charge in [-0.05, 0) is 25.5 Å². The lowest BCUT2D eigenvalue weighted by Gasteiger charge is -2.04. The van der Waals surface area contributed by atoms with Crippen LogP contribution >= 0.6 is 0 Å². The number of hydrogen-bond acceptors (Lipinski definition) is 4. The van der Waals surface area contributed by atoms with E-state index in [1.807, 2.05) is 0 Å². The van der Waals surface area contributed by atoms with Crippen molar-refractivity contribution in [2.75, 3.05) is 6.61 Å². The lowest BCUT2D eigenvalue weighted by molar-refractivity contribution is 0.101. The van der Waals surface area contributed by atoms with Gasteiger partial charge in [0, 0.05) is 6.07 Å². The molecule has 0 saturated heterocycles. The van der Waals surface area contributed by atoms with Gasteiger partial charge in [0.05, 0.1) is 18.4 Å². The summed E-state index contributed by atoms with van der Waals surface area (Å²) in [4.78, 5) is 11.6. The van der Waals surface area contributed by atoms with Crippen molar-refractivity contribution in [3.8, 4) is 17.5 Å². The molecule has 4 heteroatoms. The number of furan rings is 2. The highest BCUT2D eigenvalue weighted by Gasteiger charge is 2.16. The minimum Gasteiger partial charge on any atom is -0.465 e. The van der Waals surface area contributed by atoms with Crippen molar-refractivity contribution in [2.24, 2.45) is 0 Å². The summed E-state index contributed by atoms with van der Waals surface area (Å²) < 4.78 is 16.7. The maximum Gasteiger partial charge on any atom is 0.284 e. The van der Waals surface area contributed by atoms with Crippen LogP contribution in [0.3, 0.4) is 0 Å². The lowest BCUT2D eigenvalue weighted by atomic mass is 10.1. The normalized spacial score (nSPS) is 11.1. The molecule has 156 valence electrons. The Kier molecular flexibility index (Phi) is 10.6. The number of carbonyl (C=O) groups excluding carboxylic acids is 1. The Labute approximate surface area is 169 Å². The predicted molar refractivity (Wildman–Crippen MR) is 113 cm³/mol. The summed E-state index contributed by atoms with van der Waals surface area (Å²) >= 11 is 0. The number of ketones is 1. The minimum atomic E-state index is -0.0425. The minimum absolute atomic E-state index is 0.0425. The molecule has 4 nitrogen and oxygen atoms in total. The number of rotatable bonds is 16. The van der Waals surface area contributed by atoms with Gasteiger partial charge in [0.25, 0.3) is 5.95 Å². The van der Waals surface area contributed by atoms with Crippen LogP contribution in [0, 0.1) is 0 Å². The smallest absolute Gasteiger partial charge is 0.284 e. The molecular formula is C24H36O4. The van der Waals surface area contributed by atoms with E-state index in [9.17, 15) is 4.79 Å². The summed E-state index contributed by atoms with van der Waals surface area (Å²) in [6.07, 6.45) is 17.4. The Morgan fingerprint density at radius 2 is 1.46 bits per heavy atom. The molecule has 0 aliphatic carbocycles. The van der Waals surface area contributed by atoms with Crippen LogP contribution in [-0.4, -0.2) is 12.4 Å². The zero-order valence-corrected chi connectivity index (χ0v) is 17.6. The molecule has 0 radical (unpaired) electrons. The van der Waals surface area contributed by atoms with Gasteiger partial charge in [-0.1, -0.05) is 77.6 Å². The first-order chi connectivity index (χ1) is 13.7. The van der Waals surface area contributed by atoms with Crippen molar-refractivity contribution >= 4 is 5.78 Å². The molecule has 0 fully saturated rings. The van der Waals surface area contributed by atoms with E-state index in [0.717, 1.165) is 6.42 Å². The Balaban J connectivity index is 1.50. The first kappa shape index (κ1) is 22.3. The van der Waals surface area contributed by atoms with Gasteiger partial charge in [-0.15, -0.1) is 0 Å². The van der Waals surface area contributed by atoms with Crippen molar-refractivity contribution in [2.45, 2.75) is 90.9 Å². The van der Waals surface area contributed by atoms with Gasteiger partial charge in [-0.2, -0.15) is 0 Å². The van der Waals surface area contributed by atoms with Crippen LogP contribution < -0.4 is 4.74 Å². The second kappa shape index (κ2) is 13.2. The van der Waals surface area contributed by atoms with Gasteiger partial charge in [0.15, 0.2) is 17.3 Å². The first-order valence-electron chi connectivity index (χ1n) is 11.0. The molecule has 2 rings (SSSR count). The molecule has 0 unspecified atom stereocenters. The molecule has 2 aromatic rings. The fourth-order valence-electron chi connectivity index (χ4n) is 3.41. The molecule has 28 heavy (non-hydrogen) atoms. The van der Waals surface area contributed by atoms with Gasteiger partial charge in [0.2, 0.25) is 0 Å². The molecule has 2 heterocycles. The monoisotopic (exact) mass is 388 g/mol. The van der Waals surface area contributed by atoms with Gasteiger partial charge < -0.3 is 13.6 Å². The average Bonchev–Trinajstić information content (AvgIpc) is 3.34. The van der Waals surface area contributed by atoms with Crippen LogP contribution in [0.2, 0.25) is 0 Å². The molecule has 0 atom stereocenters. The third kappa shape index (κ3) is 7.95. The second-order valence-corrected chi connectivity index (χ2v) is 7.58. The first-order valence-corrected chi connectivity index (χ1v) is 11.0. The summed E-state index contributed by atoms with van der Waals surface area (Å²) in [5.74, 6) is 1.43. The molecule has 0 spiro atoms. The summed E-state index contributed by atoms with van der Waals surface area (Å²) in [7, 11) is 0. The van der Waals surface area contributed by atoms with Gasteiger partial charge in [-0.25, -0.2) is 0 Å². The Bertz CT molecular complexity index is 668. The summed E-state index contributed by atoms with van der Waals surface area (Å²) in [5, 5.41) is 0. The summed E-state index contributed by atoms with van der Waals surface area (Å²) in [6.45, 7) is 4.44. The van der Waals surface area contributed by atoms with Crippen molar-refractivity contribution in [1.29, 1.82) is 0 Å². The highest BCUT2D eigenvalue weighted by atomic mass is 16.6. The van der Waals surface area contributed by atoms with Crippen LogP contribution in [0.1, 0.15) is 101 Å². The summed E-state index contributed by atoms with van der Waals surface area (Å²) in [6, 6.07) is 5.22. The van der Waals surface area contributed by atoms with Crippen LogP contribution in [-0.2, 0) is 0 Å². The zero-order chi connectivity index (χ0) is 20.0. The molecule has 0 bridgehead atoms. The van der Waals surface area contributed by atoms with Crippen molar-refractivity contribution in [3.05, 3.63) is 30.0 Å². The SMILES string of the molecule is CCCCCCCCCCCCCCOc1ccc(-c2occc2C(C)=O)o1. The second-order valence-electron chi connectivity index (χ2n) is 7.58. The number of ether oxygens (including phenoxy) is 1. The van der Waals surface area contributed by atoms with E-state index in [4.69, 9.17) is 13.6 Å². The van der Waals surface area contributed by atoms with E-state index >= 15 is 0 Å². The Hall–Kier alpha value is -1.97. The average molecular weight is 389 g/mol. The molecule has 0 aliphatic heterocycles. The van der Waals surface area contributed by atoms with Crippen LogP contribution in [0.5, 0.6) is 5.95 Å². The van der Waals surface area contributed by atoms with Crippen molar-refractivity contribution < 1.29 is 18.4 Å². The van der Waals surface area contributed by atoms with E-state index in [2.05, 4.69) is 6.92 Å². The molecule has 0 amide bonds. The quantitative estimate of drug-likeness (QED) is 0.217. The topological polar surface area (TPSA) is 52.6 Å². The van der Waals surface area contributed by atoms with Gasteiger partial charge in [0.1, 0.15) is 0 Å². The predicted octanol–water partition coefficient (Wildman–Crippen LogP) is 7.82. The van der Waals surface area contributed by atoms with Crippen LogP contribution in [0.25, 0.3) is 11.5 Å². The van der Waals surface area contributed by atoms with Crippen LogP contribution in [0.15, 0.2) is 33.3 Å². The number of Topliss-reactive ketones (excluding diaryl/α,β-unsaturated/α-hetero) is 1. The highest BCUT2D eigenvalue weighted by Crippen LogP contribution is 2.30. The van der Waals surface area contributed by atoms with E-state index in [1.165, 1.54) is 83.8 Å². The van der Waals surface area contributed by atoms with E-state index in [1.54, 1.807) is 18.2 Å². The zero-order valence-electron chi connectivity index (χ0n) is 17.6. The number of carbonyl (C=O) groups is 1. The molecule has 0 aromatic carbocycles. The van der Waals surface area contributed by atoms with Gasteiger partial charge in [-0.3, -0.25) is 4.79 Å². The summed E-state index contributed by atoms with van der Waals surface area (Å²) in [5.41, 5.74) is 0.529. The molecule has 0 saturated carbocycles. The van der Waals surface area contributed by atoms with Crippen molar-refractivity contribution in [1.82, 2.24) is 0 Å². The number of unbranched alkanes of at least 4 members (excludes halogenated alkanes) is 11. The Morgan fingerprint density at radius 3 is 2.07 bits per heavy atom. The molecule has 0 aliphatic rings. The van der Waals surface area contributed by atoms with Gasteiger partial charge >= 0.3 is 0 Å². The van der Waals surface area contributed by atoms with E-state index in [0.29, 0.717) is 29.6 Å². The maximum absolute atomic E-state index is 11.6. The Morgan fingerprint density at radius 1 is 0.857 bits per heavy atom. The third-order valence-corrected chi connectivity index (χ3v) is 5.09.